The van der Waals surface area contributed by atoms with Gasteiger partial charge >= 0.3 is 0 Å². The first-order valence-corrected chi connectivity index (χ1v) is 7.07. The maximum absolute atomic E-state index is 11.8. The van der Waals surface area contributed by atoms with Gasteiger partial charge in [-0.1, -0.05) is 40.7 Å². The van der Waals surface area contributed by atoms with Crippen molar-refractivity contribution in [2.24, 2.45) is 0 Å². The smallest absolute Gasteiger partial charge is 0.264 e. The highest BCUT2D eigenvalue weighted by Crippen LogP contribution is 2.12. The van der Waals surface area contributed by atoms with Crippen LogP contribution in [0.1, 0.15) is 42.1 Å². The molecule has 4 nitrogen and oxygen atoms in total. The van der Waals surface area contributed by atoms with Gasteiger partial charge in [-0.3, -0.25) is 4.79 Å². The summed E-state index contributed by atoms with van der Waals surface area (Å²) < 4.78 is 3.83. The van der Waals surface area contributed by atoms with Crippen LogP contribution in [0.5, 0.6) is 0 Å². The molecule has 0 aliphatic carbocycles. The summed E-state index contributed by atoms with van der Waals surface area (Å²) in [6.45, 7) is 4.80. The number of aromatic nitrogens is 2. The number of hydrogen-bond donors (Lipinski definition) is 1. The number of nitrogens with one attached hydrogen (secondary N) is 1. The largest absolute Gasteiger partial charge is 0.351 e. The van der Waals surface area contributed by atoms with Gasteiger partial charge in [0.15, 0.2) is 0 Å². The van der Waals surface area contributed by atoms with Crippen LogP contribution in [0.3, 0.4) is 0 Å². The zero-order valence-electron chi connectivity index (χ0n) is 9.49. The predicted molar refractivity (Wildman–Crippen MR) is 69.2 cm³/mol. The number of amides is 1. The van der Waals surface area contributed by atoms with Crippen molar-refractivity contribution in [1.29, 1.82) is 0 Å². The number of rotatable bonds is 6. The molecule has 0 aliphatic rings. The van der Waals surface area contributed by atoms with Crippen LogP contribution < -0.4 is 5.32 Å². The van der Waals surface area contributed by atoms with Crippen molar-refractivity contribution in [2.75, 3.05) is 6.54 Å². The molecule has 1 heterocycles. The highest BCUT2D eigenvalue weighted by molar-refractivity contribution is 9.09. The number of alkyl halides is 1. The SMILES string of the molecule is CCCc1nnsc1C(=O)NCCC(C)Br. The lowest BCUT2D eigenvalue weighted by Crippen LogP contribution is -2.25. The van der Waals surface area contributed by atoms with Gasteiger partial charge in [-0.15, -0.1) is 5.10 Å². The van der Waals surface area contributed by atoms with Crippen LogP contribution in [0.4, 0.5) is 0 Å². The lowest BCUT2D eigenvalue weighted by Gasteiger charge is -2.05. The fourth-order valence-electron chi connectivity index (χ4n) is 1.25. The number of aryl methyl sites for hydroxylation is 1. The van der Waals surface area contributed by atoms with Crippen molar-refractivity contribution in [1.82, 2.24) is 14.9 Å². The molecule has 0 aromatic carbocycles. The third kappa shape index (κ3) is 4.17. The van der Waals surface area contributed by atoms with E-state index in [-0.39, 0.29) is 5.91 Å². The molecule has 1 amide bonds. The van der Waals surface area contributed by atoms with Gasteiger partial charge in [0.25, 0.3) is 5.91 Å². The Bertz CT molecular complexity index is 341. The summed E-state index contributed by atoms with van der Waals surface area (Å²) in [6.07, 6.45) is 2.71. The average Bonchev–Trinajstić information content (AvgIpc) is 2.66. The van der Waals surface area contributed by atoms with E-state index in [0.717, 1.165) is 25.0 Å². The molecule has 1 N–H and O–H groups in total. The third-order valence-electron chi connectivity index (χ3n) is 2.08. The summed E-state index contributed by atoms with van der Waals surface area (Å²) in [5.41, 5.74) is 0.817. The highest BCUT2D eigenvalue weighted by atomic mass is 79.9. The topological polar surface area (TPSA) is 54.9 Å². The summed E-state index contributed by atoms with van der Waals surface area (Å²) >= 11 is 4.61. The molecule has 90 valence electrons. The molecule has 0 radical (unpaired) electrons. The molecule has 1 atom stereocenters. The monoisotopic (exact) mass is 305 g/mol. The Balaban J connectivity index is 2.49. The Morgan fingerprint density at radius 2 is 2.38 bits per heavy atom. The Kier molecular flexibility index (Phi) is 5.90. The number of halogens is 1. The second kappa shape index (κ2) is 6.96. The van der Waals surface area contributed by atoms with Gasteiger partial charge in [0, 0.05) is 11.4 Å². The molecule has 0 spiro atoms. The van der Waals surface area contributed by atoms with Crippen molar-refractivity contribution in [3.63, 3.8) is 0 Å². The van der Waals surface area contributed by atoms with Gasteiger partial charge in [0.2, 0.25) is 0 Å². The molecule has 6 heteroatoms. The number of carbonyl (C=O) groups is 1. The van der Waals surface area contributed by atoms with E-state index in [0.29, 0.717) is 16.2 Å². The van der Waals surface area contributed by atoms with Gasteiger partial charge in [0.05, 0.1) is 5.69 Å². The van der Waals surface area contributed by atoms with Crippen molar-refractivity contribution in [3.8, 4) is 0 Å². The first-order valence-electron chi connectivity index (χ1n) is 5.38. The summed E-state index contributed by atoms with van der Waals surface area (Å²) in [6, 6.07) is 0. The Morgan fingerprint density at radius 3 is 3.00 bits per heavy atom. The summed E-state index contributed by atoms with van der Waals surface area (Å²) in [5.74, 6) is -0.0494. The van der Waals surface area contributed by atoms with E-state index in [1.165, 1.54) is 11.5 Å². The minimum atomic E-state index is -0.0494. The van der Waals surface area contributed by atoms with Crippen LogP contribution in [0, 0.1) is 0 Å². The maximum Gasteiger partial charge on any atom is 0.264 e. The third-order valence-corrected chi connectivity index (χ3v) is 3.30. The summed E-state index contributed by atoms with van der Waals surface area (Å²) in [7, 11) is 0. The van der Waals surface area contributed by atoms with E-state index in [1.54, 1.807) is 0 Å². The molecular formula is C10H16BrN3OS. The highest BCUT2D eigenvalue weighted by Gasteiger charge is 2.14. The normalized spacial score (nSPS) is 12.4. The van der Waals surface area contributed by atoms with Crippen LogP contribution in [-0.2, 0) is 6.42 Å². The minimum absolute atomic E-state index is 0.0494. The number of hydrogen-bond acceptors (Lipinski definition) is 4. The number of nitrogens with zero attached hydrogens (tertiary/aromatic N) is 2. The maximum atomic E-state index is 11.8. The van der Waals surface area contributed by atoms with E-state index in [4.69, 9.17) is 0 Å². The van der Waals surface area contributed by atoms with E-state index >= 15 is 0 Å². The predicted octanol–water partition coefficient (Wildman–Crippen LogP) is 2.39. The van der Waals surface area contributed by atoms with E-state index in [1.807, 2.05) is 0 Å². The van der Waals surface area contributed by atoms with Gasteiger partial charge in [-0.2, -0.15) is 0 Å². The zero-order valence-corrected chi connectivity index (χ0v) is 11.9. The van der Waals surface area contributed by atoms with Crippen LogP contribution >= 0.6 is 27.5 Å². The second-order valence-electron chi connectivity index (χ2n) is 3.62. The summed E-state index contributed by atoms with van der Waals surface area (Å²) in [4.78, 5) is 12.9. The number of carbonyl (C=O) groups excluding carboxylic acids is 1. The van der Waals surface area contributed by atoms with Crippen LogP contribution in [0.25, 0.3) is 0 Å². The molecule has 1 aromatic heterocycles. The molecule has 0 bridgehead atoms. The molecule has 16 heavy (non-hydrogen) atoms. The second-order valence-corrected chi connectivity index (χ2v) is 5.94. The van der Waals surface area contributed by atoms with Gasteiger partial charge in [-0.05, 0) is 24.4 Å². The quantitative estimate of drug-likeness (QED) is 0.821. The van der Waals surface area contributed by atoms with Crippen LogP contribution in [-0.4, -0.2) is 26.9 Å². The fourth-order valence-corrected chi connectivity index (χ4v) is 2.10. The molecule has 1 rings (SSSR count). The molecule has 0 saturated carbocycles. The Hall–Kier alpha value is -0.490. The molecule has 1 aromatic rings. The first-order chi connectivity index (χ1) is 7.65. The van der Waals surface area contributed by atoms with E-state index in [9.17, 15) is 4.79 Å². The van der Waals surface area contributed by atoms with E-state index in [2.05, 4.69) is 44.7 Å². The molecule has 1 unspecified atom stereocenters. The molecule has 0 saturated heterocycles. The fraction of sp³-hybridized carbons (Fsp3) is 0.700. The van der Waals surface area contributed by atoms with Crippen LogP contribution in [0.2, 0.25) is 0 Å². The molecule has 0 aliphatic heterocycles. The summed E-state index contributed by atoms with van der Waals surface area (Å²) in [5, 5.41) is 6.85. The Morgan fingerprint density at radius 1 is 1.62 bits per heavy atom. The molecule has 0 fully saturated rings. The first kappa shape index (κ1) is 13.6. The molecular weight excluding hydrogens is 290 g/mol. The standard InChI is InChI=1S/C10H16BrN3OS/c1-3-4-8-9(16-14-13-8)10(15)12-6-5-7(2)11/h7H,3-6H2,1-2H3,(H,12,15). The van der Waals surface area contributed by atoms with E-state index < -0.39 is 0 Å². The minimum Gasteiger partial charge on any atom is -0.351 e. The van der Waals surface area contributed by atoms with Gasteiger partial charge in [0.1, 0.15) is 4.88 Å². The van der Waals surface area contributed by atoms with Gasteiger partial charge < -0.3 is 5.32 Å². The zero-order chi connectivity index (χ0) is 12.0. The van der Waals surface area contributed by atoms with Crippen molar-refractivity contribution >= 4 is 33.4 Å². The lowest BCUT2D eigenvalue weighted by molar-refractivity contribution is 0.0956. The average molecular weight is 306 g/mol. The Labute approximate surface area is 108 Å². The van der Waals surface area contributed by atoms with Crippen molar-refractivity contribution in [2.45, 2.75) is 37.9 Å². The lowest BCUT2D eigenvalue weighted by atomic mass is 10.2. The van der Waals surface area contributed by atoms with Crippen LogP contribution in [0.15, 0.2) is 0 Å². The van der Waals surface area contributed by atoms with Crippen molar-refractivity contribution in [3.05, 3.63) is 10.6 Å². The van der Waals surface area contributed by atoms with Gasteiger partial charge in [-0.25, -0.2) is 0 Å². The van der Waals surface area contributed by atoms with Crippen molar-refractivity contribution < 1.29 is 4.79 Å².